The second kappa shape index (κ2) is 5.87. The number of halogens is 1. The van der Waals surface area contributed by atoms with Gasteiger partial charge in [-0.3, -0.25) is 4.79 Å². The van der Waals surface area contributed by atoms with Crippen molar-refractivity contribution in [3.63, 3.8) is 0 Å². The highest BCUT2D eigenvalue weighted by molar-refractivity contribution is 5.85. The molecule has 0 spiro atoms. The lowest BCUT2D eigenvalue weighted by Crippen LogP contribution is -2.42. The Morgan fingerprint density at radius 3 is 2.62 bits per heavy atom. The maximum Gasteiger partial charge on any atom is 0.223 e. The van der Waals surface area contributed by atoms with E-state index in [2.05, 4.69) is 12.2 Å². The summed E-state index contributed by atoms with van der Waals surface area (Å²) in [6, 6.07) is 0.351. The van der Waals surface area contributed by atoms with Crippen LogP contribution in [0.4, 0.5) is 0 Å². The highest BCUT2D eigenvalue weighted by Crippen LogP contribution is 2.37. The van der Waals surface area contributed by atoms with Gasteiger partial charge in [-0.15, -0.1) is 12.4 Å². The normalized spacial score (nSPS) is 30.6. The van der Waals surface area contributed by atoms with Gasteiger partial charge in [0.25, 0.3) is 0 Å². The maximum absolute atomic E-state index is 11.9. The molecule has 3 nitrogen and oxygen atoms in total. The van der Waals surface area contributed by atoms with Crippen LogP contribution in [0.25, 0.3) is 0 Å². The molecular formula is C12H23ClN2O. The van der Waals surface area contributed by atoms with Crippen LogP contribution in [0, 0.1) is 17.8 Å². The summed E-state index contributed by atoms with van der Waals surface area (Å²) in [4.78, 5) is 11.9. The fraction of sp³-hybridized carbons (Fsp3) is 0.917. The van der Waals surface area contributed by atoms with Crippen molar-refractivity contribution in [2.75, 3.05) is 6.54 Å². The fourth-order valence-electron chi connectivity index (χ4n) is 2.63. The van der Waals surface area contributed by atoms with Crippen LogP contribution in [0.5, 0.6) is 0 Å². The standard InChI is InChI=1S/C12H22N2O.ClH/c1-8(9-5-6-9)12(15)14-11-4-2-3-10(11)7-13;/h8-11H,2-7,13H2,1H3,(H,14,15);1H. The topological polar surface area (TPSA) is 55.1 Å². The quantitative estimate of drug-likeness (QED) is 0.793. The molecule has 2 aliphatic rings. The lowest BCUT2D eigenvalue weighted by molar-refractivity contribution is -0.126. The zero-order valence-corrected chi connectivity index (χ0v) is 10.8. The summed E-state index contributed by atoms with van der Waals surface area (Å²) in [6.07, 6.45) is 5.98. The summed E-state index contributed by atoms with van der Waals surface area (Å²) >= 11 is 0. The number of hydrogen-bond acceptors (Lipinski definition) is 2. The van der Waals surface area contributed by atoms with Crippen molar-refractivity contribution in [3.05, 3.63) is 0 Å². The third-order valence-electron chi connectivity index (χ3n) is 4.03. The molecule has 0 bridgehead atoms. The van der Waals surface area contributed by atoms with Gasteiger partial charge in [0.05, 0.1) is 0 Å². The first kappa shape index (κ1) is 13.8. The molecule has 0 aromatic heterocycles. The largest absolute Gasteiger partial charge is 0.353 e. The van der Waals surface area contributed by atoms with Crippen LogP contribution in [-0.4, -0.2) is 18.5 Å². The molecule has 2 rings (SSSR count). The molecule has 2 aliphatic carbocycles. The lowest BCUT2D eigenvalue weighted by Gasteiger charge is -2.21. The molecule has 0 aromatic carbocycles. The molecule has 3 N–H and O–H groups in total. The van der Waals surface area contributed by atoms with E-state index in [9.17, 15) is 4.79 Å². The molecular weight excluding hydrogens is 224 g/mol. The minimum Gasteiger partial charge on any atom is -0.353 e. The van der Waals surface area contributed by atoms with Gasteiger partial charge >= 0.3 is 0 Å². The van der Waals surface area contributed by atoms with E-state index in [0.29, 0.717) is 24.4 Å². The maximum atomic E-state index is 11.9. The fourth-order valence-corrected chi connectivity index (χ4v) is 2.63. The Morgan fingerprint density at radius 2 is 2.06 bits per heavy atom. The Balaban J connectivity index is 0.00000128. The molecule has 0 heterocycles. The summed E-state index contributed by atoms with van der Waals surface area (Å²) in [7, 11) is 0. The molecule has 94 valence electrons. The number of amides is 1. The minimum atomic E-state index is 0. The number of rotatable bonds is 4. The van der Waals surface area contributed by atoms with Crippen molar-refractivity contribution < 1.29 is 4.79 Å². The molecule has 0 aromatic rings. The first-order valence-electron chi connectivity index (χ1n) is 6.22. The van der Waals surface area contributed by atoms with Crippen LogP contribution in [0.1, 0.15) is 39.0 Å². The smallest absolute Gasteiger partial charge is 0.223 e. The van der Waals surface area contributed by atoms with Crippen LogP contribution < -0.4 is 11.1 Å². The van der Waals surface area contributed by atoms with Crippen molar-refractivity contribution in [1.29, 1.82) is 0 Å². The lowest BCUT2D eigenvalue weighted by atomic mass is 10.0. The predicted molar refractivity (Wildman–Crippen MR) is 67.5 cm³/mol. The summed E-state index contributed by atoms with van der Waals surface area (Å²) in [6.45, 7) is 2.77. The number of nitrogens with one attached hydrogen (secondary N) is 1. The molecule has 3 atom stereocenters. The van der Waals surface area contributed by atoms with E-state index in [0.717, 1.165) is 6.42 Å². The van der Waals surface area contributed by atoms with E-state index in [4.69, 9.17) is 5.73 Å². The molecule has 0 radical (unpaired) electrons. The van der Waals surface area contributed by atoms with E-state index in [-0.39, 0.29) is 24.2 Å². The first-order valence-corrected chi connectivity index (χ1v) is 6.22. The Kier molecular flexibility index (Phi) is 5.06. The molecule has 4 heteroatoms. The van der Waals surface area contributed by atoms with Crippen molar-refractivity contribution >= 4 is 18.3 Å². The summed E-state index contributed by atoms with van der Waals surface area (Å²) in [5.74, 6) is 1.63. The van der Waals surface area contributed by atoms with E-state index in [1.807, 2.05) is 0 Å². The van der Waals surface area contributed by atoms with Crippen molar-refractivity contribution in [1.82, 2.24) is 5.32 Å². The predicted octanol–water partition coefficient (Wildman–Crippen LogP) is 1.70. The van der Waals surface area contributed by atoms with Gasteiger partial charge < -0.3 is 11.1 Å². The average Bonchev–Trinajstić information content (AvgIpc) is 2.99. The van der Waals surface area contributed by atoms with E-state index >= 15 is 0 Å². The highest BCUT2D eigenvalue weighted by atomic mass is 35.5. The number of hydrogen-bond donors (Lipinski definition) is 2. The van der Waals surface area contributed by atoms with E-state index in [1.54, 1.807) is 0 Å². The van der Waals surface area contributed by atoms with Crippen molar-refractivity contribution in [2.45, 2.75) is 45.1 Å². The third-order valence-corrected chi connectivity index (χ3v) is 4.03. The molecule has 0 saturated heterocycles. The summed E-state index contributed by atoms with van der Waals surface area (Å²) in [5.41, 5.74) is 5.70. The van der Waals surface area contributed by atoms with E-state index < -0.39 is 0 Å². The molecule has 0 aliphatic heterocycles. The Morgan fingerprint density at radius 1 is 1.38 bits per heavy atom. The van der Waals surface area contributed by atoms with Gasteiger partial charge in [0.1, 0.15) is 0 Å². The molecule has 1 amide bonds. The van der Waals surface area contributed by atoms with Crippen molar-refractivity contribution in [3.8, 4) is 0 Å². The minimum absolute atomic E-state index is 0. The SMILES string of the molecule is CC(C(=O)NC1CCCC1CN)C1CC1.Cl. The molecule has 2 fully saturated rings. The second-order valence-electron chi connectivity index (χ2n) is 5.17. The van der Waals surface area contributed by atoms with Gasteiger partial charge in [-0.1, -0.05) is 13.3 Å². The monoisotopic (exact) mass is 246 g/mol. The number of carbonyl (C=O) groups excluding carboxylic acids is 1. The zero-order valence-electron chi connectivity index (χ0n) is 9.95. The summed E-state index contributed by atoms with van der Waals surface area (Å²) < 4.78 is 0. The van der Waals surface area contributed by atoms with Crippen LogP contribution in [0.2, 0.25) is 0 Å². The second-order valence-corrected chi connectivity index (χ2v) is 5.17. The van der Waals surface area contributed by atoms with Crippen LogP contribution in [0.15, 0.2) is 0 Å². The number of carbonyl (C=O) groups is 1. The van der Waals surface area contributed by atoms with Gasteiger partial charge in [0.2, 0.25) is 5.91 Å². The van der Waals surface area contributed by atoms with E-state index in [1.165, 1.54) is 25.7 Å². The van der Waals surface area contributed by atoms with Crippen LogP contribution in [0.3, 0.4) is 0 Å². The Hall–Kier alpha value is -0.280. The third kappa shape index (κ3) is 3.11. The van der Waals surface area contributed by atoms with Crippen LogP contribution in [-0.2, 0) is 4.79 Å². The number of nitrogens with two attached hydrogens (primary N) is 1. The average molecular weight is 247 g/mol. The Labute approximate surface area is 104 Å². The van der Waals surface area contributed by atoms with Gasteiger partial charge in [-0.2, -0.15) is 0 Å². The molecule has 16 heavy (non-hydrogen) atoms. The van der Waals surface area contributed by atoms with Gasteiger partial charge in [-0.05, 0) is 44.1 Å². The highest BCUT2D eigenvalue weighted by Gasteiger charge is 2.35. The van der Waals surface area contributed by atoms with Crippen molar-refractivity contribution in [2.24, 2.45) is 23.5 Å². The first-order chi connectivity index (χ1) is 7.22. The van der Waals surface area contributed by atoms with Gasteiger partial charge in [0, 0.05) is 12.0 Å². The van der Waals surface area contributed by atoms with Gasteiger partial charge in [0.15, 0.2) is 0 Å². The summed E-state index contributed by atoms with van der Waals surface area (Å²) in [5, 5.41) is 3.18. The molecule has 2 saturated carbocycles. The molecule has 3 unspecified atom stereocenters. The van der Waals surface area contributed by atoms with Crippen LogP contribution >= 0.6 is 12.4 Å². The zero-order chi connectivity index (χ0) is 10.8. The Bertz CT molecular complexity index is 243. The van der Waals surface area contributed by atoms with Gasteiger partial charge in [-0.25, -0.2) is 0 Å².